The maximum atomic E-state index is 11.2. The normalized spacial score (nSPS) is 10.3. The Balaban J connectivity index is 2.40. The summed E-state index contributed by atoms with van der Waals surface area (Å²) >= 11 is 7.00. The van der Waals surface area contributed by atoms with Crippen LogP contribution in [0.25, 0.3) is 0 Å². The molecule has 0 aromatic heterocycles. The summed E-state index contributed by atoms with van der Waals surface area (Å²) in [4.78, 5) is 23.0. The first-order chi connectivity index (χ1) is 9.88. The monoisotopic (exact) mass is 323 g/mol. The predicted octanol–water partition coefficient (Wildman–Crippen LogP) is 3.47. The second-order valence-electron chi connectivity index (χ2n) is 4.11. The number of halogens is 1. The summed E-state index contributed by atoms with van der Waals surface area (Å²) in [6.45, 7) is 0. The van der Waals surface area contributed by atoms with Crippen molar-refractivity contribution in [1.82, 2.24) is 0 Å². The molecule has 108 valence electrons. The minimum absolute atomic E-state index is 0.0707. The number of nitrogens with two attached hydrogens (primary N) is 1. The smallest absolute Gasteiger partial charge is 0.336 e. The zero-order valence-electron chi connectivity index (χ0n) is 10.5. The highest BCUT2D eigenvalue weighted by atomic mass is 35.5. The molecule has 0 bridgehead atoms. The van der Waals surface area contributed by atoms with E-state index in [2.05, 4.69) is 0 Å². The van der Waals surface area contributed by atoms with Crippen molar-refractivity contribution in [3.05, 3.63) is 52.5 Å². The second-order valence-corrected chi connectivity index (χ2v) is 5.63. The maximum Gasteiger partial charge on any atom is 0.336 e. The Hall–Kier alpha value is -2.18. The molecule has 7 heteroatoms. The summed E-state index contributed by atoms with van der Waals surface area (Å²) in [6.07, 6.45) is 0. The number of benzene rings is 2. The van der Waals surface area contributed by atoms with Crippen LogP contribution in [-0.2, 0) is 0 Å². The van der Waals surface area contributed by atoms with Gasteiger partial charge < -0.3 is 15.9 Å². The van der Waals surface area contributed by atoms with Crippen LogP contribution in [0.15, 0.2) is 46.2 Å². The SMILES string of the molecule is Nc1cc(C(=O)O)ccc1Sc1cc(Cl)ccc1C(=O)O. The summed E-state index contributed by atoms with van der Waals surface area (Å²) < 4.78 is 0. The topological polar surface area (TPSA) is 101 Å². The molecule has 2 aromatic carbocycles. The first-order valence-corrected chi connectivity index (χ1v) is 6.91. The molecule has 0 fully saturated rings. The van der Waals surface area contributed by atoms with Gasteiger partial charge in [0.25, 0.3) is 0 Å². The van der Waals surface area contributed by atoms with Gasteiger partial charge in [-0.2, -0.15) is 0 Å². The molecule has 0 saturated heterocycles. The lowest BCUT2D eigenvalue weighted by molar-refractivity contribution is 0.0684. The largest absolute Gasteiger partial charge is 0.478 e. The lowest BCUT2D eigenvalue weighted by Gasteiger charge is -2.09. The van der Waals surface area contributed by atoms with Gasteiger partial charge in [0.1, 0.15) is 0 Å². The van der Waals surface area contributed by atoms with Crippen LogP contribution in [0.5, 0.6) is 0 Å². The highest BCUT2D eigenvalue weighted by molar-refractivity contribution is 7.99. The minimum Gasteiger partial charge on any atom is -0.478 e. The third-order valence-corrected chi connectivity index (χ3v) is 4.04. The van der Waals surface area contributed by atoms with Crippen LogP contribution in [0.3, 0.4) is 0 Å². The molecule has 0 aliphatic rings. The third kappa shape index (κ3) is 3.48. The maximum absolute atomic E-state index is 11.2. The van der Waals surface area contributed by atoms with Gasteiger partial charge in [-0.25, -0.2) is 9.59 Å². The Morgan fingerprint density at radius 3 is 2.29 bits per heavy atom. The summed E-state index contributed by atoms with van der Waals surface area (Å²) in [5.74, 6) is -2.15. The van der Waals surface area contributed by atoms with Crippen molar-refractivity contribution in [3.8, 4) is 0 Å². The Morgan fingerprint density at radius 2 is 1.71 bits per heavy atom. The van der Waals surface area contributed by atoms with Gasteiger partial charge in [-0.3, -0.25) is 0 Å². The highest BCUT2D eigenvalue weighted by Crippen LogP contribution is 2.36. The summed E-state index contributed by atoms with van der Waals surface area (Å²) in [7, 11) is 0. The van der Waals surface area contributed by atoms with Crippen LogP contribution >= 0.6 is 23.4 Å². The number of hydrogen-bond acceptors (Lipinski definition) is 4. The molecular formula is C14H10ClNO4S. The van der Waals surface area contributed by atoms with Crippen molar-refractivity contribution in [1.29, 1.82) is 0 Å². The molecule has 5 nitrogen and oxygen atoms in total. The number of nitrogen functional groups attached to an aromatic ring is 1. The van der Waals surface area contributed by atoms with Gasteiger partial charge in [0.2, 0.25) is 0 Å². The number of rotatable bonds is 4. The van der Waals surface area contributed by atoms with E-state index in [4.69, 9.17) is 27.5 Å². The number of aromatic carboxylic acids is 2. The fourth-order valence-electron chi connectivity index (χ4n) is 1.65. The van der Waals surface area contributed by atoms with Crippen LogP contribution in [0, 0.1) is 0 Å². The van der Waals surface area contributed by atoms with Crippen molar-refractivity contribution in [2.24, 2.45) is 0 Å². The third-order valence-electron chi connectivity index (χ3n) is 2.65. The van der Waals surface area contributed by atoms with Crippen LogP contribution in [0.2, 0.25) is 5.02 Å². The van der Waals surface area contributed by atoms with Gasteiger partial charge in [0.15, 0.2) is 0 Å². The molecule has 0 aliphatic carbocycles. The zero-order chi connectivity index (χ0) is 15.6. The van der Waals surface area contributed by atoms with E-state index in [1.54, 1.807) is 0 Å². The molecule has 0 radical (unpaired) electrons. The molecule has 21 heavy (non-hydrogen) atoms. The van der Waals surface area contributed by atoms with E-state index in [-0.39, 0.29) is 16.8 Å². The zero-order valence-corrected chi connectivity index (χ0v) is 12.1. The Bertz CT molecular complexity index is 733. The van der Waals surface area contributed by atoms with E-state index in [9.17, 15) is 9.59 Å². The predicted molar refractivity (Wildman–Crippen MR) is 80.3 cm³/mol. The average Bonchev–Trinajstić information content (AvgIpc) is 2.40. The molecule has 0 saturated carbocycles. The Morgan fingerprint density at radius 1 is 1.00 bits per heavy atom. The standard InChI is InChI=1S/C14H10ClNO4S/c15-8-2-3-9(14(19)20)12(6-8)21-11-4-1-7(13(17)18)5-10(11)16/h1-6H,16H2,(H,17,18)(H,19,20). The molecule has 0 amide bonds. The van der Waals surface area contributed by atoms with Gasteiger partial charge in [0.05, 0.1) is 11.1 Å². The van der Waals surface area contributed by atoms with E-state index in [0.29, 0.717) is 14.8 Å². The van der Waals surface area contributed by atoms with Gasteiger partial charge in [-0.1, -0.05) is 23.4 Å². The number of carbonyl (C=O) groups is 2. The highest BCUT2D eigenvalue weighted by Gasteiger charge is 2.14. The van der Waals surface area contributed by atoms with Crippen LogP contribution in [0.1, 0.15) is 20.7 Å². The van der Waals surface area contributed by atoms with E-state index >= 15 is 0 Å². The van der Waals surface area contributed by atoms with Gasteiger partial charge >= 0.3 is 11.9 Å². The second kappa shape index (κ2) is 6.07. The minimum atomic E-state index is -1.08. The van der Waals surface area contributed by atoms with Crippen molar-refractivity contribution < 1.29 is 19.8 Å². The molecule has 2 aromatic rings. The van der Waals surface area contributed by atoms with E-state index in [1.165, 1.54) is 36.4 Å². The number of hydrogen-bond donors (Lipinski definition) is 3. The van der Waals surface area contributed by atoms with E-state index in [0.717, 1.165) is 11.8 Å². The molecule has 2 rings (SSSR count). The average molecular weight is 324 g/mol. The van der Waals surface area contributed by atoms with Crippen molar-refractivity contribution in [2.75, 3.05) is 5.73 Å². The molecule has 0 heterocycles. The van der Waals surface area contributed by atoms with E-state index in [1.807, 2.05) is 0 Å². The van der Waals surface area contributed by atoms with Gasteiger partial charge in [-0.15, -0.1) is 0 Å². The van der Waals surface area contributed by atoms with Crippen LogP contribution in [-0.4, -0.2) is 22.2 Å². The van der Waals surface area contributed by atoms with Crippen LogP contribution < -0.4 is 5.73 Å². The summed E-state index contributed by atoms with van der Waals surface area (Å²) in [5.41, 5.74) is 6.24. The van der Waals surface area contributed by atoms with Crippen molar-refractivity contribution in [3.63, 3.8) is 0 Å². The first kappa shape index (κ1) is 15.2. The summed E-state index contributed by atoms with van der Waals surface area (Å²) in [6, 6.07) is 8.71. The molecule has 4 N–H and O–H groups in total. The number of anilines is 1. The fraction of sp³-hybridized carbons (Fsp3) is 0. The quantitative estimate of drug-likeness (QED) is 0.745. The lowest BCUT2D eigenvalue weighted by atomic mass is 10.2. The van der Waals surface area contributed by atoms with Crippen molar-refractivity contribution >= 4 is 41.0 Å². The number of carboxylic acid groups (broad SMARTS) is 2. The fourth-order valence-corrected chi connectivity index (χ4v) is 2.89. The van der Waals surface area contributed by atoms with Gasteiger partial charge in [-0.05, 0) is 36.4 Å². The molecular weight excluding hydrogens is 314 g/mol. The Kier molecular flexibility index (Phi) is 4.40. The van der Waals surface area contributed by atoms with Gasteiger partial charge in [0, 0.05) is 20.5 Å². The lowest BCUT2D eigenvalue weighted by Crippen LogP contribution is -2.00. The molecule has 0 aliphatic heterocycles. The Labute approximate surface area is 129 Å². The van der Waals surface area contributed by atoms with Crippen LogP contribution in [0.4, 0.5) is 5.69 Å². The molecule has 0 unspecified atom stereocenters. The van der Waals surface area contributed by atoms with Crippen molar-refractivity contribution in [2.45, 2.75) is 9.79 Å². The molecule has 0 atom stereocenters. The first-order valence-electron chi connectivity index (χ1n) is 5.72. The summed E-state index contributed by atoms with van der Waals surface area (Å²) in [5, 5.41) is 18.4. The van der Waals surface area contributed by atoms with E-state index < -0.39 is 11.9 Å². The molecule has 0 spiro atoms. The number of carboxylic acids is 2.